The molecule has 0 saturated heterocycles. The third-order valence-electron chi connectivity index (χ3n) is 2.77. The first-order valence-electron chi connectivity index (χ1n) is 6.02. The van der Waals surface area contributed by atoms with Crippen LogP contribution >= 0.6 is 11.8 Å². The minimum atomic E-state index is 0.0312. The van der Waals surface area contributed by atoms with Gasteiger partial charge in [0.1, 0.15) is 0 Å². The van der Waals surface area contributed by atoms with Crippen molar-refractivity contribution in [3.05, 3.63) is 59.4 Å². The number of hydrogen-bond acceptors (Lipinski definition) is 3. The Morgan fingerprint density at radius 2 is 1.83 bits per heavy atom. The van der Waals surface area contributed by atoms with Crippen molar-refractivity contribution in [3.63, 3.8) is 0 Å². The molecule has 1 atom stereocenters. The Morgan fingerprint density at radius 3 is 2.50 bits per heavy atom. The first-order chi connectivity index (χ1) is 8.65. The van der Waals surface area contributed by atoms with E-state index in [0.29, 0.717) is 0 Å². The van der Waals surface area contributed by atoms with Gasteiger partial charge in [0.2, 0.25) is 0 Å². The molecular formula is C15H18N2S. The normalized spacial score (nSPS) is 12.4. The lowest BCUT2D eigenvalue weighted by molar-refractivity contribution is 0.822. The van der Waals surface area contributed by atoms with Gasteiger partial charge in [0.05, 0.1) is 0 Å². The van der Waals surface area contributed by atoms with Crippen LogP contribution in [0.25, 0.3) is 0 Å². The second kappa shape index (κ2) is 6.03. The molecule has 18 heavy (non-hydrogen) atoms. The molecule has 2 nitrogen and oxygen atoms in total. The molecule has 0 spiro atoms. The maximum absolute atomic E-state index is 6.18. The van der Waals surface area contributed by atoms with Crippen molar-refractivity contribution in [1.29, 1.82) is 0 Å². The van der Waals surface area contributed by atoms with Crippen molar-refractivity contribution in [2.45, 2.75) is 24.8 Å². The topological polar surface area (TPSA) is 38.9 Å². The zero-order valence-corrected chi connectivity index (χ0v) is 11.6. The maximum atomic E-state index is 6.18. The summed E-state index contributed by atoms with van der Waals surface area (Å²) < 4.78 is 0. The van der Waals surface area contributed by atoms with E-state index in [1.165, 1.54) is 10.5 Å². The van der Waals surface area contributed by atoms with Gasteiger partial charge in [-0.3, -0.25) is 4.98 Å². The minimum Gasteiger partial charge on any atom is -0.323 e. The lowest BCUT2D eigenvalue weighted by Gasteiger charge is -2.11. The molecule has 0 radical (unpaired) electrons. The van der Waals surface area contributed by atoms with Gasteiger partial charge in [0, 0.05) is 29.1 Å². The fourth-order valence-electron chi connectivity index (χ4n) is 1.70. The van der Waals surface area contributed by atoms with Crippen molar-refractivity contribution >= 4 is 11.8 Å². The average Bonchev–Trinajstić information content (AvgIpc) is 2.38. The predicted octanol–water partition coefficient (Wildman–Crippen LogP) is 3.49. The van der Waals surface area contributed by atoms with Gasteiger partial charge in [-0.15, -0.1) is 11.8 Å². The summed E-state index contributed by atoms with van der Waals surface area (Å²) in [5.74, 6) is 0.869. The smallest absolute Gasteiger partial charge is 0.0405 e. The third-order valence-corrected chi connectivity index (χ3v) is 3.91. The van der Waals surface area contributed by atoms with Crippen LogP contribution in [0.4, 0.5) is 0 Å². The summed E-state index contributed by atoms with van der Waals surface area (Å²) in [6, 6.07) is 10.7. The van der Waals surface area contributed by atoms with E-state index in [0.717, 1.165) is 16.9 Å². The number of pyridine rings is 1. The number of nitrogens with two attached hydrogens (primary N) is 1. The monoisotopic (exact) mass is 258 g/mol. The fraction of sp³-hybridized carbons (Fsp3) is 0.267. The second-order valence-corrected chi connectivity index (χ2v) is 5.62. The Hall–Kier alpha value is -1.32. The fourth-order valence-corrected chi connectivity index (χ4v) is 2.59. The molecule has 0 amide bonds. The van der Waals surface area contributed by atoms with Crippen molar-refractivity contribution in [3.8, 4) is 0 Å². The molecule has 3 heteroatoms. The molecule has 1 aromatic heterocycles. The molecule has 0 aliphatic heterocycles. The molecule has 0 aliphatic carbocycles. The van der Waals surface area contributed by atoms with Gasteiger partial charge >= 0.3 is 0 Å². The van der Waals surface area contributed by atoms with Crippen LogP contribution in [-0.4, -0.2) is 10.7 Å². The maximum Gasteiger partial charge on any atom is 0.0405 e. The van der Waals surface area contributed by atoms with E-state index in [1.54, 1.807) is 11.8 Å². The largest absolute Gasteiger partial charge is 0.323 e. The molecule has 2 rings (SSSR count). The van der Waals surface area contributed by atoms with Gasteiger partial charge in [-0.1, -0.05) is 23.8 Å². The molecule has 1 aromatic carbocycles. The molecule has 94 valence electrons. The van der Waals surface area contributed by atoms with Crippen LogP contribution in [0.15, 0.2) is 47.6 Å². The minimum absolute atomic E-state index is 0.0312. The van der Waals surface area contributed by atoms with Crippen LogP contribution in [0.2, 0.25) is 0 Å². The van der Waals surface area contributed by atoms with Gasteiger partial charge in [-0.25, -0.2) is 0 Å². The summed E-state index contributed by atoms with van der Waals surface area (Å²) in [5, 5.41) is 0. The summed E-state index contributed by atoms with van der Waals surface area (Å²) in [6.45, 7) is 4.13. The quantitative estimate of drug-likeness (QED) is 0.853. The van der Waals surface area contributed by atoms with E-state index >= 15 is 0 Å². The Balaban J connectivity index is 1.96. The zero-order chi connectivity index (χ0) is 13.0. The summed E-state index contributed by atoms with van der Waals surface area (Å²) >= 11 is 1.79. The van der Waals surface area contributed by atoms with E-state index in [1.807, 2.05) is 19.3 Å². The van der Waals surface area contributed by atoms with E-state index in [9.17, 15) is 0 Å². The van der Waals surface area contributed by atoms with Gasteiger partial charge in [-0.2, -0.15) is 0 Å². The van der Waals surface area contributed by atoms with Gasteiger partial charge in [0.25, 0.3) is 0 Å². The number of nitrogens with zero attached hydrogens (tertiary/aromatic N) is 1. The summed E-state index contributed by atoms with van der Waals surface area (Å²) in [7, 11) is 0. The van der Waals surface area contributed by atoms with Crippen LogP contribution in [0.3, 0.4) is 0 Å². The van der Waals surface area contributed by atoms with Gasteiger partial charge in [-0.05, 0) is 37.1 Å². The van der Waals surface area contributed by atoms with Crippen molar-refractivity contribution in [1.82, 2.24) is 4.98 Å². The Morgan fingerprint density at radius 1 is 1.11 bits per heavy atom. The molecule has 0 fully saturated rings. The number of hydrogen-bond donors (Lipinski definition) is 1. The number of aromatic nitrogens is 1. The van der Waals surface area contributed by atoms with Gasteiger partial charge in [0.15, 0.2) is 0 Å². The van der Waals surface area contributed by atoms with Crippen LogP contribution in [-0.2, 0) is 0 Å². The van der Waals surface area contributed by atoms with Gasteiger partial charge < -0.3 is 5.73 Å². The van der Waals surface area contributed by atoms with Crippen molar-refractivity contribution in [2.75, 3.05) is 5.75 Å². The SMILES string of the molecule is Cc1ccc(SCC(N)c2cncc(C)c2)cc1. The standard InChI is InChI=1S/C15H18N2S/c1-11-3-5-14(6-4-11)18-10-15(16)13-7-12(2)8-17-9-13/h3-9,15H,10,16H2,1-2H3. The predicted molar refractivity (Wildman–Crippen MR) is 77.8 cm³/mol. The third kappa shape index (κ3) is 3.59. The Kier molecular flexibility index (Phi) is 4.39. The lowest BCUT2D eigenvalue weighted by atomic mass is 10.1. The Bertz CT molecular complexity index is 508. The average molecular weight is 258 g/mol. The second-order valence-electron chi connectivity index (χ2n) is 4.53. The number of benzene rings is 1. The summed E-state index contributed by atoms with van der Waals surface area (Å²) in [4.78, 5) is 5.44. The van der Waals surface area contributed by atoms with E-state index < -0.39 is 0 Å². The molecule has 2 N–H and O–H groups in total. The van der Waals surface area contributed by atoms with E-state index in [-0.39, 0.29) is 6.04 Å². The molecule has 2 aromatic rings. The molecule has 1 heterocycles. The van der Waals surface area contributed by atoms with Crippen LogP contribution in [0.5, 0.6) is 0 Å². The molecular weight excluding hydrogens is 240 g/mol. The number of thioether (sulfide) groups is 1. The van der Waals surface area contributed by atoms with E-state index in [2.05, 4.69) is 42.2 Å². The molecule has 0 saturated carbocycles. The summed E-state index contributed by atoms with van der Waals surface area (Å²) in [5.41, 5.74) is 9.73. The summed E-state index contributed by atoms with van der Waals surface area (Å²) in [6.07, 6.45) is 3.71. The zero-order valence-electron chi connectivity index (χ0n) is 10.8. The van der Waals surface area contributed by atoms with E-state index in [4.69, 9.17) is 5.73 Å². The highest BCUT2D eigenvalue weighted by Gasteiger charge is 2.07. The van der Waals surface area contributed by atoms with Crippen molar-refractivity contribution < 1.29 is 0 Å². The number of aryl methyl sites for hydroxylation is 2. The molecule has 1 unspecified atom stereocenters. The number of rotatable bonds is 4. The van der Waals surface area contributed by atoms with Crippen LogP contribution < -0.4 is 5.73 Å². The first kappa shape index (κ1) is 13.1. The van der Waals surface area contributed by atoms with Crippen LogP contribution in [0, 0.1) is 13.8 Å². The highest BCUT2D eigenvalue weighted by Crippen LogP contribution is 2.23. The molecule has 0 aliphatic rings. The van der Waals surface area contributed by atoms with Crippen molar-refractivity contribution in [2.24, 2.45) is 5.73 Å². The molecule has 0 bridgehead atoms. The first-order valence-corrected chi connectivity index (χ1v) is 7.00. The van der Waals surface area contributed by atoms with Crippen LogP contribution in [0.1, 0.15) is 22.7 Å². The lowest BCUT2D eigenvalue weighted by Crippen LogP contribution is -2.13. The Labute approximate surface area is 113 Å². The highest BCUT2D eigenvalue weighted by molar-refractivity contribution is 7.99. The highest BCUT2D eigenvalue weighted by atomic mass is 32.2.